The van der Waals surface area contributed by atoms with Gasteiger partial charge in [0.25, 0.3) is 0 Å². The zero-order valence-corrected chi connectivity index (χ0v) is 16.2. The molecule has 2 aromatic carbocycles. The Morgan fingerprint density at radius 1 is 1.07 bits per heavy atom. The topological polar surface area (TPSA) is 85.2 Å². The van der Waals surface area contributed by atoms with E-state index < -0.39 is 0 Å². The van der Waals surface area contributed by atoms with Crippen LogP contribution >= 0.6 is 12.6 Å². The Bertz CT molecular complexity index is 1080. The number of hydrogen-bond acceptors (Lipinski definition) is 6. The van der Waals surface area contributed by atoms with Crippen molar-refractivity contribution in [1.29, 1.82) is 0 Å². The molecule has 2 heterocycles. The monoisotopic (exact) mass is 389 g/mol. The lowest BCUT2D eigenvalue weighted by atomic mass is 9.98. The van der Waals surface area contributed by atoms with Crippen molar-refractivity contribution in [2.24, 2.45) is 0 Å². The van der Waals surface area contributed by atoms with Gasteiger partial charge in [0.05, 0.1) is 6.54 Å². The third-order valence-electron chi connectivity index (χ3n) is 4.32. The number of thiol groups is 1. The Balaban J connectivity index is 1.60. The van der Waals surface area contributed by atoms with E-state index in [1.54, 1.807) is 0 Å². The maximum atomic E-state index is 4.38. The summed E-state index contributed by atoms with van der Waals surface area (Å²) in [6, 6.07) is 16.4. The van der Waals surface area contributed by atoms with Crippen molar-refractivity contribution in [3.63, 3.8) is 0 Å². The van der Waals surface area contributed by atoms with Crippen LogP contribution in [0.5, 0.6) is 0 Å². The summed E-state index contributed by atoms with van der Waals surface area (Å²) in [7, 11) is 0. The van der Waals surface area contributed by atoms with Gasteiger partial charge < -0.3 is 0 Å². The van der Waals surface area contributed by atoms with Gasteiger partial charge in [-0.1, -0.05) is 61.5 Å². The molecule has 0 atom stereocenters. The maximum absolute atomic E-state index is 4.38. The summed E-state index contributed by atoms with van der Waals surface area (Å²) in [5, 5.41) is 19.1. The molecule has 0 aliphatic heterocycles. The molecule has 0 saturated heterocycles. The molecular weight excluding hydrogens is 370 g/mol. The lowest BCUT2D eigenvalue weighted by Gasteiger charge is -2.09. The van der Waals surface area contributed by atoms with E-state index in [1.165, 1.54) is 0 Å². The van der Waals surface area contributed by atoms with Crippen molar-refractivity contribution < 1.29 is 0 Å². The van der Waals surface area contributed by atoms with E-state index in [-0.39, 0.29) is 0 Å². The zero-order valence-electron chi connectivity index (χ0n) is 15.3. The van der Waals surface area contributed by atoms with Crippen molar-refractivity contribution in [2.75, 3.05) is 0 Å². The Labute approximate surface area is 167 Å². The van der Waals surface area contributed by atoms with Gasteiger partial charge in [0.2, 0.25) is 5.16 Å². The summed E-state index contributed by atoms with van der Waals surface area (Å²) in [4.78, 5) is 4.36. The summed E-state index contributed by atoms with van der Waals surface area (Å²) in [6.07, 6.45) is 4.98. The van der Waals surface area contributed by atoms with Gasteiger partial charge in [-0.3, -0.25) is 0 Å². The number of tetrazole rings is 1. The van der Waals surface area contributed by atoms with Gasteiger partial charge >= 0.3 is 0 Å². The molecule has 0 spiro atoms. The SMILES string of the molecule is CCC=Cc1nc(S)nn1Cc1ccc(-c2ccccc2-c2nnn[nH]2)cc1. The highest BCUT2D eigenvalue weighted by molar-refractivity contribution is 7.80. The second-order valence-corrected chi connectivity index (χ2v) is 6.63. The third kappa shape index (κ3) is 3.86. The predicted molar refractivity (Wildman–Crippen MR) is 111 cm³/mol. The molecule has 140 valence electrons. The first-order chi connectivity index (χ1) is 13.7. The molecule has 0 saturated carbocycles. The number of H-pyrrole nitrogens is 1. The van der Waals surface area contributed by atoms with Crippen molar-refractivity contribution in [3.05, 3.63) is 66.0 Å². The minimum absolute atomic E-state index is 0.474. The fourth-order valence-corrected chi connectivity index (χ4v) is 3.19. The standard InChI is InChI=1S/C20H19N7S/c1-2-3-8-18-21-20(28)24-27(18)13-14-9-11-15(12-10-14)16-6-4-5-7-17(16)19-22-25-26-23-19/h3-12H,2,13H2,1H3,(H,24,28)(H,22,23,25,26). The van der Waals surface area contributed by atoms with E-state index in [0.29, 0.717) is 17.5 Å². The Morgan fingerprint density at radius 2 is 1.86 bits per heavy atom. The molecule has 1 N–H and O–H groups in total. The highest BCUT2D eigenvalue weighted by atomic mass is 32.1. The molecule has 0 unspecified atom stereocenters. The lowest BCUT2D eigenvalue weighted by Crippen LogP contribution is -2.04. The molecule has 4 aromatic rings. The lowest BCUT2D eigenvalue weighted by molar-refractivity contribution is 0.661. The molecule has 8 heteroatoms. The van der Waals surface area contributed by atoms with Crippen molar-refractivity contribution in [1.82, 2.24) is 35.4 Å². The molecule has 0 bridgehead atoms. The summed E-state index contributed by atoms with van der Waals surface area (Å²) in [6.45, 7) is 2.72. The smallest absolute Gasteiger partial charge is 0.205 e. The molecule has 4 rings (SSSR count). The minimum atomic E-state index is 0.474. The van der Waals surface area contributed by atoms with E-state index >= 15 is 0 Å². The third-order valence-corrected chi connectivity index (χ3v) is 4.51. The number of aromatic nitrogens is 7. The Morgan fingerprint density at radius 3 is 2.57 bits per heavy atom. The van der Waals surface area contributed by atoms with E-state index in [2.05, 4.69) is 86.7 Å². The molecule has 2 aromatic heterocycles. The van der Waals surface area contributed by atoms with Gasteiger partial charge in [-0.2, -0.15) is 0 Å². The number of nitrogens with zero attached hydrogens (tertiary/aromatic N) is 6. The van der Waals surface area contributed by atoms with Gasteiger partial charge in [-0.25, -0.2) is 14.8 Å². The van der Waals surface area contributed by atoms with Crippen LogP contribution in [0, 0.1) is 0 Å². The number of benzene rings is 2. The van der Waals surface area contributed by atoms with Gasteiger partial charge in [0.1, 0.15) is 0 Å². The van der Waals surface area contributed by atoms with E-state index in [0.717, 1.165) is 34.5 Å². The molecule has 28 heavy (non-hydrogen) atoms. The first-order valence-corrected chi connectivity index (χ1v) is 9.42. The van der Waals surface area contributed by atoms with Crippen molar-refractivity contribution >= 4 is 18.7 Å². The van der Waals surface area contributed by atoms with Gasteiger partial charge in [-0.15, -0.1) is 22.8 Å². The van der Waals surface area contributed by atoms with Crippen molar-refractivity contribution in [2.45, 2.75) is 25.0 Å². The Kier molecular flexibility index (Phi) is 5.29. The summed E-state index contributed by atoms with van der Waals surface area (Å²) < 4.78 is 1.86. The van der Waals surface area contributed by atoms with Crippen LogP contribution in [-0.4, -0.2) is 35.4 Å². The molecule has 0 radical (unpaired) electrons. The predicted octanol–water partition coefficient (Wildman–Crippen LogP) is 3.89. The van der Waals surface area contributed by atoms with Gasteiger partial charge in [-0.05, 0) is 39.6 Å². The van der Waals surface area contributed by atoms with Crippen LogP contribution in [0.15, 0.2) is 59.8 Å². The first-order valence-electron chi connectivity index (χ1n) is 8.97. The highest BCUT2D eigenvalue weighted by Crippen LogP contribution is 2.29. The quantitative estimate of drug-likeness (QED) is 0.489. The highest BCUT2D eigenvalue weighted by Gasteiger charge is 2.10. The average Bonchev–Trinajstić information content (AvgIpc) is 3.37. The number of allylic oxidation sites excluding steroid dienone is 1. The van der Waals surface area contributed by atoms with Crippen LogP contribution in [0.2, 0.25) is 0 Å². The minimum Gasteiger partial charge on any atom is -0.241 e. The van der Waals surface area contributed by atoms with Gasteiger partial charge in [0.15, 0.2) is 11.6 Å². The maximum Gasteiger partial charge on any atom is 0.205 e. The molecule has 0 aliphatic carbocycles. The fraction of sp³-hybridized carbons (Fsp3) is 0.150. The van der Waals surface area contributed by atoms with Crippen LogP contribution < -0.4 is 0 Å². The zero-order chi connectivity index (χ0) is 19.3. The number of rotatable bonds is 6. The second kappa shape index (κ2) is 8.18. The largest absolute Gasteiger partial charge is 0.241 e. The van der Waals surface area contributed by atoms with Crippen molar-refractivity contribution in [3.8, 4) is 22.5 Å². The Hall–Kier alpha value is -3.26. The van der Waals surface area contributed by atoms with E-state index in [4.69, 9.17) is 0 Å². The van der Waals surface area contributed by atoms with Crippen LogP contribution in [0.3, 0.4) is 0 Å². The number of aromatic amines is 1. The second-order valence-electron chi connectivity index (χ2n) is 6.23. The molecule has 0 fully saturated rings. The molecule has 7 nitrogen and oxygen atoms in total. The van der Waals surface area contributed by atoms with Gasteiger partial charge in [0, 0.05) is 5.56 Å². The molecule has 0 amide bonds. The number of hydrogen-bond donors (Lipinski definition) is 2. The fourth-order valence-electron chi connectivity index (χ4n) is 2.98. The first kappa shape index (κ1) is 18.1. The van der Waals surface area contributed by atoms with E-state index in [1.807, 2.05) is 29.0 Å². The number of nitrogens with one attached hydrogen (secondary N) is 1. The van der Waals surface area contributed by atoms with Crippen LogP contribution in [0.25, 0.3) is 28.6 Å². The normalized spacial score (nSPS) is 11.4. The molecule has 0 aliphatic rings. The van der Waals surface area contributed by atoms with Crippen LogP contribution in [0.4, 0.5) is 0 Å². The average molecular weight is 389 g/mol. The summed E-state index contributed by atoms with van der Waals surface area (Å²) in [5.74, 6) is 1.45. The summed E-state index contributed by atoms with van der Waals surface area (Å²) >= 11 is 4.27. The summed E-state index contributed by atoms with van der Waals surface area (Å²) in [5.41, 5.74) is 4.25. The van der Waals surface area contributed by atoms with E-state index in [9.17, 15) is 0 Å². The molecular formula is C20H19N7S. The van der Waals surface area contributed by atoms with Crippen LogP contribution in [-0.2, 0) is 6.54 Å². The van der Waals surface area contributed by atoms with Crippen LogP contribution in [0.1, 0.15) is 24.7 Å².